The largest absolute Gasteiger partial charge is 0.381 e. The van der Waals surface area contributed by atoms with Crippen molar-refractivity contribution < 1.29 is 4.74 Å². The smallest absolute Gasteiger partial charge is 0.143 e. The molecular formula is C15H24IN3O. The van der Waals surface area contributed by atoms with Crippen LogP contribution < -0.4 is 5.32 Å². The van der Waals surface area contributed by atoms with Crippen molar-refractivity contribution >= 4 is 28.4 Å². The summed E-state index contributed by atoms with van der Waals surface area (Å²) in [6.45, 7) is 5.05. The van der Waals surface area contributed by atoms with E-state index in [0.29, 0.717) is 5.92 Å². The van der Waals surface area contributed by atoms with E-state index >= 15 is 0 Å². The van der Waals surface area contributed by atoms with Crippen molar-refractivity contribution in [3.05, 3.63) is 15.1 Å². The van der Waals surface area contributed by atoms with Gasteiger partial charge in [-0.25, -0.2) is 9.97 Å². The minimum atomic E-state index is 0.154. The van der Waals surface area contributed by atoms with E-state index in [-0.39, 0.29) is 6.10 Å². The van der Waals surface area contributed by atoms with Crippen molar-refractivity contribution in [3.8, 4) is 0 Å². The van der Waals surface area contributed by atoms with Gasteiger partial charge in [0.05, 0.1) is 15.4 Å². The Bertz CT molecular complexity index is 447. The Morgan fingerprint density at radius 2 is 2.05 bits per heavy atom. The molecule has 1 aromatic heterocycles. The van der Waals surface area contributed by atoms with Gasteiger partial charge in [0.15, 0.2) is 0 Å². The van der Waals surface area contributed by atoms with Gasteiger partial charge in [-0.2, -0.15) is 0 Å². The highest BCUT2D eigenvalue weighted by molar-refractivity contribution is 14.1. The molecule has 1 atom stereocenters. The van der Waals surface area contributed by atoms with Crippen molar-refractivity contribution in [1.82, 2.24) is 9.97 Å². The summed E-state index contributed by atoms with van der Waals surface area (Å²) in [4.78, 5) is 9.52. The highest BCUT2D eigenvalue weighted by Gasteiger charge is 2.24. The van der Waals surface area contributed by atoms with Gasteiger partial charge in [-0.1, -0.05) is 12.8 Å². The molecule has 4 nitrogen and oxygen atoms in total. The number of nitrogens with zero attached hydrogens (tertiary/aromatic N) is 2. The summed E-state index contributed by atoms with van der Waals surface area (Å²) in [5, 5.41) is 3.37. The maximum atomic E-state index is 5.35. The predicted octanol–water partition coefficient (Wildman–Crippen LogP) is 3.75. The lowest BCUT2D eigenvalue weighted by Crippen LogP contribution is -2.16. The molecule has 1 aliphatic carbocycles. The van der Waals surface area contributed by atoms with E-state index < -0.39 is 0 Å². The van der Waals surface area contributed by atoms with Crippen LogP contribution in [-0.2, 0) is 11.2 Å². The van der Waals surface area contributed by atoms with Crippen LogP contribution in [0.3, 0.4) is 0 Å². The first-order valence-corrected chi connectivity index (χ1v) is 8.56. The van der Waals surface area contributed by atoms with Gasteiger partial charge >= 0.3 is 0 Å². The van der Waals surface area contributed by atoms with Crippen LogP contribution in [0.25, 0.3) is 0 Å². The van der Waals surface area contributed by atoms with Crippen LogP contribution in [0, 0.1) is 3.57 Å². The quantitative estimate of drug-likeness (QED) is 0.753. The Morgan fingerprint density at radius 1 is 1.35 bits per heavy atom. The van der Waals surface area contributed by atoms with Crippen LogP contribution in [-0.4, -0.2) is 29.7 Å². The normalized spacial score (nSPS) is 17.4. The Kier molecular flexibility index (Phi) is 6.01. The molecule has 0 radical (unpaired) electrons. The molecule has 0 amide bonds. The van der Waals surface area contributed by atoms with Gasteiger partial charge in [-0.05, 0) is 49.3 Å². The Balaban J connectivity index is 2.32. The maximum Gasteiger partial charge on any atom is 0.143 e. The molecule has 0 saturated heterocycles. The van der Waals surface area contributed by atoms with Gasteiger partial charge in [0, 0.05) is 26.0 Å². The lowest BCUT2D eigenvalue weighted by Gasteiger charge is -2.17. The zero-order valence-corrected chi connectivity index (χ0v) is 14.7. The standard InChI is InChI=1S/C15H24IN3O/c1-4-17-15-13(16)14(11-7-5-6-8-11)18-12(19-15)9-10(2)20-3/h10-11H,4-9H2,1-3H3,(H,17,18,19). The van der Waals surface area contributed by atoms with Gasteiger partial charge in [0.25, 0.3) is 0 Å². The number of hydrogen-bond acceptors (Lipinski definition) is 4. The molecule has 112 valence electrons. The van der Waals surface area contributed by atoms with Crippen LogP contribution in [0.2, 0.25) is 0 Å². The molecule has 0 aromatic carbocycles. The van der Waals surface area contributed by atoms with E-state index in [1.54, 1.807) is 7.11 Å². The first-order valence-electron chi connectivity index (χ1n) is 7.48. The highest BCUT2D eigenvalue weighted by Crippen LogP contribution is 2.37. The van der Waals surface area contributed by atoms with E-state index in [1.807, 2.05) is 0 Å². The summed E-state index contributed by atoms with van der Waals surface area (Å²) in [5.41, 5.74) is 1.24. The summed E-state index contributed by atoms with van der Waals surface area (Å²) >= 11 is 2.39. The molecule has 1 N–H and O–H groups in total. The monoisotopic (exact) mass is 389 g/mol. The summed E-state index contributed by atoms with van der Waals surface area (Å²) in [5.74, 6) is 2.50. The third-order valence-electron chi connectivity index (χ3n) is 3.88. The zero-order chi connectivity index (χ0) is 14.5. The van der Waals surface area contributed by atoms with Crippen LogP contribution >= 0.6 is 22.6 Å². The van der Waals surface area contributed by atoms with Crippen molar-refractivity contribution in [3.63, 3.8) is 0 Å². The molecule has 0 bridgehead atoms. The van der Waals surface area contributed by atoms with E-state index in [0.717, 1.165) is 24.6 Å². The first kappa shape index (κ1) is 15.9. The fourth-order valence-corrected chi connectivity index (χ4v) is 3.57. The van der Waals surface area contributed by atoms with Gasteiger partial charge in [0.1, 0.15) is 11.6 Å². The molecule has 1 heterocycles. The van der Waals surface area contributed by atoms with E-state index in [2.05, 4.69) is 46.7 Å². The second-order valence-electron chi connectivity index (χ2n) is 5.45. The van der Waals surface area contributed by atoms with E-state index in [9.17, 15) is 0 Å². The molecule has 1 saturated carbocycles. The second kappa shape index (κ2) is 7.54. The minimum Gasteiger partial charge on any atom is -0.381 e. The first-order chi connectivity index (χ1) is 9.65. The van der Waals surface area contributed by atoms with Crippen LogP contribution in [0.4, 0.5) is 5.82 Å². The zero-order valence-electron chi connectivity index (χ0n) is 12.6. The second-order valence-corrected chi connectivity index (χ2v) is 6.53. The molecule has 0 spiro atoms. The van der Waals surface area contributed by atoms with E-state index in [1.165, 1.54) is 34.9 Å². The van der Waals surface area contributed by atoms with Gasteiger partial charge in [0.2, 0.25) is 0 Å². The Hall–Kier alpha value is -0.430. The molecule has 20 heavy (non-hydrogen) atoms. The van der Waals surface area contributed by atoms with Gasteiger partial charge in [-0.3, -0.25) is 0 Å². The van der Waals surface area contributed by atoms with Crippen molar-refractivity contribution in [2.75, 3.05) is 19.0 Å². The SMILES string of the molecule is CCNc1nc(CC(C)OC)nc(C2CCCC2)c1I. The molecule has 5 heteroatoms. The topological polar surface area (TPSA) is 47.0 Å². The number of aromatic nitrogens is 2. The maximum absolute atomic E-state index is 5.35. The fraction of sp³-hybridized carbons (Fsp3) is 0.733. The van der Waals surface area contributed by atoms with Crippen molar-refractivity contribution in [1.29, 1.82) is 0 Å². The number of rotatable bonds is 6. The average Bonchev–Trinajstić information content (AvgIpc) is 2.96. The molecule has 1 aliphatic rings. The number of nitrogens with one attached hydrogen (secondary N) is 1. The van der Waals surface area contributed by atoms with Crippen molar-refractivity contribution in [2.45, 2.75) is 58.0 Å². The van der Waals surface area contributed by atoms with E-state index in [4.69, 9.17) is 9.72 Å². The van der Waals surface area contributed by atoms with Crippen LogP contribution in [0.1, 0.15) is 57.0 Å². The summed E-state index contributed by atoms with van der Waals surface area (Å²) < 4.78 is 6.55. The fourth-order valence-electron chi connectivity index (χ4n) is 2.70. The third kappa shape index (κ3) is 3.81. The van der Waals surface area contributed by atoms with Crippen molar-refractivity contribution in [2.24, 2.45) is 0 Å². The average molecular weight is 389 g/mol. The predicted molar refractivity (Wildman–Crippen MR) is 90.3 cm³/mol. The lowest BCUT2D eigenvalue weighted by molar-refractivity contribution is 0.117. The van der Waals surface area contributed by atoms with Crippen LogP contribution in [0.5, 0.6) is 0 Å². The number of halogens is 1. The summed E-state index contributed by atoms with van der Waals surface area (Å²) in [6, 6.07) is 0. The molecular weight excluding hydrogens is 365 g/mol. The van der Waals surface area contributed by atoms with Gasteiger partial charge in [-0.15, -0.1) is 0 Å². The summed E-state index contributed by atoms with van der Waals surface area (Å²) in [6.07, 6.45) is 6.10. The minimum absolute atomic E-state index is 0.154. The molecule has 0 aliphatic heterocycles. The Labute approximate surface area is 135 Å². The van der Waals surface area contributed by atoms with Crippen LogP contribution in [0.15, 0.2) is 0 Å². The Morgan fingerprint density at radius 3 is 2.65 bits per heavy atom. The van der Waals surface area contributed by atoms with Gasteiger partial charge < -0.3 is 10.1 Å². The highest BCUT2D eigenvalue weighted by atomic mass is 127. The number of methoxy groups -OCH3 is 1. The molecule has 1 aromatic rings. The third-order valence-corrected chi connectivity index (χ3v) is 4.95. The number of hydrogen-bond donors (Lipinski definition) is 1. The molecule has 1 fully saturated rings. The number of ether oxygens (including phenoxy) is 1. The molecule has 2 rings (SSSR count). The molecule has 1 unspecified atom stereocenters. The number of anilines is 1. The lowest BCUT2D eigenvalue weighted by atomic mass is 10.0. The summed E-state index contributed by atoms with van der Waals surface area (Å²) in [7, 11) is 1.74.